The predicted molar refractivity (Wildman–Crippen MR) is 99.3 cm³/mol. The maximum absolute atomic E-state index is 11.7. The number of carbonyl (C=O) groups excluding carboxylic acids is 1. The van der Waals surface area contributed by atoms with Crippen LogP contribution in [0.2, 0.25) is 5.02 Å². The van der Waals surface area contributed by atoms with Crippen LogP contribution in [0.5, 0.6) is 5.75 Å². The number of carbonyl (C=O) groups is 1. The topological polar surface area (TPSA) is 50.7 Å². The van der Waals surface area contributed by atoms with Gasteiger partial charge in [0, 0.05) is 5.02 Å². The van der Waals surface area contributed by atoms with Crippen LogP contribution in [0.1, 0.15) is 11.1 Å². The Kier molecular flexibility index (Phi) is 5.23. The van der Waals surface area contributed by atoms with Crippen molar-refractivity contribution >= 4 is 40.5 Å². The number of hydrogen-bond donors (Lipinski definition) is 1. The minimum absolute atomic E-state index is 0.248. The predicted octanol–water partition coefficient (Wildman–Crippen LogP) is 4.11. The highest BCUT2D eigenvalue weighted by atomic mass is 35.5. The van der Waals surface area contributed by atoms with Gasteiger partial charge >= 0.3 is 0 Å². The molecular weight excluding hydrogens is 344 g/mol. The lowest BCUT2D eigenvalue weighted by atomic mass is 10.2. The number of aliphatic imine (C=N–C) groups is 1. The van der Waals surface area contributed by atoms with Gasteiger partial charge in [-0.05, 0) is 47.7 Å². The monoisotopic (exact) mass is 358 g/mol. The molecule has 2 aromatic rings. The van der Waals surface area contributed by atoms with E-state index in [-0.39, 0.29) is 5.91 Å². The van der Waals surface area contributed by atoms with E-state index in [1.807, 2.05) is 54.8 Å². The number of thioether (sulfide) groups is 1. The molecule has 0 fully saturated rings. The molecule has 122 valence electrons. The number of nitrogens with zero attached hydrogens (tertiary/aromatic N) is 1. The molecule has 0 radical (unpaired) electrons. The molecule has 2 aromatic carbocycles. The first-order chi connectivity index (χ1) is 11.6. The van der Waals surface area contributed by atoms with E-state index in [2.05, 4.69) is 10.3 Å². The van der Waals surface area contributed by atoms with Crippen LogP contribution in [-0.4, -0.2) is 17.3 Å². The Hall–Kier alpha value is -2.24. The fourth-order valence-electron chi connectivity index (χ4n) is 2.12. The molecule has 0 aromatic heterocycles. The van der Waals surface area contributed by atoms with Crippen LogP contribution >= 0.6 is 23.4 Å². The highest BCUT2D eigenvalue weighted by Crippen LogP contribution is 2.18. The molecule has 1 amide bonds. The van der Waals surface area contributed by atoms with Crippen LogP contribution in [0, 0.1) is 0 Å². The zero-order valence-electron chi connectivity index (χ0n) is 13.0. The Labute approximate surface area is 149 Å². The highest BCUT2D eigenvalue weighted by Gasteiger charge is 2.18. The van der Waals surface area contributed by atoms with Gasteiger partial charge in [-0.25, -0.2) is 0 Å². The van der Waals surface area contributed by atoms with Gasteiger partial charge in [0.2, 0.25) is 0 Å². The van der Waals surface area contributed by atoms with Crippen molar-refractivity contribution < 1.29 is 9.53 Å². The van der Waals surface area contributed by atoms with Crippen LogP contribution in [0.15, 0.2) is 59.2 Å². The summed E-state index contributed by atoms with van der Waals surface area (Å²) in [4.78, 5) is 15.6. The number of hydrogen-bond acceptors (Lipinski definition) is 4. The van der Waals surface area contributed by atoms with Crippen LogP contribution in [-0.2, 0) is 11.4 Å². The molecular formula is C18H15ClN2O2S. The molecule has 24 heavy (non-hydrogen) atoms. The number of ether oxygens (including phenoxy) is 1. The minimum Gasteiger partial charge on any atom is -0.489 e. The first kappa shape index (κ1) is 16.6. The third-order valence-corrected chi connectivity index (χ3v) is 4.21. The summed E-state index contributed by atoms with van der Waals surface area (Å²) in [6, 6.07) is 15.1. The molecule has 0 spiro atoms. The average Bonchev–Trinajstić information content (AvgIpc) is 2.96. The summed E-state index contributed by atoms with van der Waals surface area (Å²) in [7, 11) is 0. The summed E-state index contributed by atoms with van der Waals surface area (Å²) in [6.45, 7) is 0.475. The molecule has 1 N–H and O–H groups in total. The number of amides is 1. The maximum atomic E-state index is 11.7. The summed E-state index contributed by atoms with van der Waals surface area (Å²) in [5, 5.41) is 4.31. The fourth-order valence-corrected chi connectivity index (χ4v) is 2.63. The van der Waals surface area contributed by atoms with Crippen LogP contribution in [0.4, 0.5) is 0 Å². The molecule has 4 nitrogen and oxygen atoms in total. The molecule has 3 rings (SSSR count). The van der Waals surface area contributed by atoms with E-state index < -0.39 is 0 Å². The van der Waals surface area contributed by atoms with Gasteiger partial charge in [0.15, 0.2) is 5.17 Å². The lowest BCUT2D eigenvalue weighted by Crippen LogP contribution is -2.14. The van der Waals surface area contributed by atoms with E-state index >= 15 is 0 Å². The van der Waals surface area contributed by atoms with Crippen molar-refractivity contribution in [2.75, 3.05) is 6.26 Å². The normalized spacial score (nSPS) is 15.3. The largest absolute Gasteiger partial charge is 0.489 e. The zero-order valence-corrected chi connectivity index (χ0v) is 14.5. The first-order valence-electron chi connectivity index (χ1n) is 7.27. The Bertz CT molecular complexity index is 799. The first-order valence-corrected chi connectivity index (χ1v) is 8.87. The second kappa shape index (κ2) is 7.55. The second-order valence-corrected chi connectivity index (χ2v) is 6.32. The van der Waals surface area contributed by atoms with Gasteiger partial charge in [-0.15, -0.1) is 0 Å². The lowest BCUT2D eigenvalue weighted by Gasteiger charge is -2.07. The van der Waals surface area contributed by atoms with Gasteiger partial charge in [-0.1, -0.05) is 47.6 Å². The van der Waals surface area contributed by atoms with Crippen molar-refractivity contribution in [2.24, 2.45) is 4.99 Å². The van der Waals surface area contributed by atoms with Crippen molar-refractivity contribution in [3.05, 3.63) is 70.4 Å². The van der Waals surface area contributed by atoms with Crippen molar-refractivity contribution in [1.82, 2.24) is 5.32 Å². The van der Waals surface area contributed by atoms with Crippen molar-refractivity contribution in [2.45, 2.75) is 6.61 Å². The molecule has 1 heterocycles. The Morgan fingerprint density at radius 1 is 1.17 bits per heavy atom. The number of rotatable bonds is 4. The van der Waals surface area contributed by atoms with E-state index in [0.29, 0.717) is 22.5 Å². The zero-order chi connectivity index (χ0) is 16.9. The van der Waals surface area contributed by atoms with E-state index in [1.165, 1.54) is 11.8 Å². The molecule has 6 heteroatoms. The van der Waals surface area contributed by atoms with Crippen LogP contribution in [0.3, 0.4) is 0 Å². The molecule has 0 unspecified atom stereocenters. The molecule has 0 bridgehead atoms. The molecule has 0 saturated carbocycles. The Morgan fingerprint density at radius 3 is 2.50 bits per heavy atom. The van der Waals surface area contributed by atoms with Crippen molar-refractivity contribution in [3.8, 4) is 5.75 Å². The van der Waals surface area contributed by atoms with E-state index in [1.54, 1.807) is 6.08 Å². The van der Waals surface area contributed by atoms with Crippen LogP contribution < -0.4 is 10.1 Å². The van der Waals surface area contributed by atoms with E-state index in [0.717, 1.165) is 16.9 Å². The summed E-state index contributed by atoms with van der Waals surface area (Å²) >= 11 is 7.27. The summed E-state index contributed by atoms with van der Waals surface area (Å²) in [5.74, 6) is 0.515. The Morgan fingerprint density at radius 2 is 1.88 bits per heavy atom. The van der Waals surface area contributed by atoms with Crippen molar-refractivity contribution in [1.29, 1.82) is 0 Å². The highest BCUT2D eigenvalue weighted by molar-refractivity contribution is 8.13. The Balaban J connectivity index is 1.61. The molecule has 1 aliphatic heterocycles. The third kappa shape index (κ3) is 4.19. The van der Waals surface area contributed by atoms with Gasteiger partial charge < -0.3 is 10.1 Å². The van der Waals surface area contributed by atoms with Gasteiger partial charge in [0.05, 0.1) is 0 Å². The molecule has 1 aliphatic rings. The number of amidine groups is 1. The molecule has 0 aliphatic carbocycles. The average molecular weight is 359 g/mol. The SMILES string of the molecule is CSC1=NC(=O)C(=Cc2ccc(OCc3ccc(Cl)cc3)cc2)N1. The minimum atomic E-state index is -0.248. The summed E-state index contributed by atoms with van der Waals surface area (Å²) in [5.41, 5.74) is 2.43. The smallest absolute Gasteiger partial charge is 0.295 e. The molecule has 0 atom stereocenters. The van der Waals surface area contributed by atoms with Crippen molar-refractivity contribution in [3.63, 3.8) is 0 Å². The second-order valence-electron chi connectivity index (χ2n) is 5.09. The summed E-state index contributed by atoms with van der Waals surface area (Å²) in [6.07, 6.45) is 3.65. The maximum Gasteiger partial charge on any atom is 0.295 e. The van der Waals surface area contributed by atoms with Gasteiger partial charge in [0.1, 0.15) is 18.1 Å². The van der Waals surface area contributed by atoms with Gasteiger partial charge in [-0.2, -0.15) is 4.99 Å². The van der Waals surface area contributed by atoms with Gasteiger partial charge in [0.25, 0.3) is 5.91 Å². The van der Waals surface area contributed by atoms with Gasteiger partial charge in [-0.3, -0.25) is 4.79 Å². The quantitative estimate of drug-likeness (QED) is 0.836. The van der Waals surface area contributed by atoms with Crippen LogP contribution in [0.25, 0.3) is 6.08 Å². The number of nitrogens with one attached hydrogen (secondary N) is 1. The number of halogens is 1. The number of benzene rings is 2. The lowest BCUT2D eigenvalue weighted by molar-refractivity contribution is -0.114. The third-order valence-electron chi connectivity index (χ3n) is 3.38. The standard InChI is InChI=1S/C18H15ClN2O2S/c1-24-18-20-16(17(22)21-18)10-12-4-8-15(9-5-12)23-11-13-2-6-14(19)7-3-13/h2-10H,11H2,1H3,(H,20,21,22). The van der Waals surface area contributed by atoms with E-state index in [4.69, 9.17) is 16.3 Å². The molecule has 0 saturated heterocycles. The summed E-state index contributed by atoms with van der Waals surface area (Å²) < 4.78 is 5.74. The fraction of sp³-hybridized carbons (Fsp3) is 0.111. The van der Waals surface area contributed by atoms with E-state index in [9.17, 15) is 4.79 Å².